The number of nitrogens with zero attached hydrogens (tertiary/aromatic N) is 3. The third-order valence-electron chi connectivity index (χ3n) is 6.23. The minimum atomic E-state index is -0.364. The van der Waals surface area contributed by atoms with Crippen LogP contribution < -0.4 is 11.1 Å². The fourth-order valence-electron chi connectivity index (χ4n) is 4.54. The minimum Gasteiger partial charge on any atom is -0.399 e. The van der Waals surface area contributed by atoms with Crippen LogP contribution in [0.5, 0.6) is 0 Å². The van der Waals surface area contributed by atoms with Gasteiger partial charge in [-0.3, -0.25) is 10.1 Å². The van der Waals surface area contributed by atoms with Crippen molar-refractivity contribution in [1.82, 2.24) is 30.5 Å². The summed E-state index contributed by atoms with van der Waals surface area (Å²) in [5.41, 5.74) is 14.8. The Labute approximate surface area is 206 Å². The van der Waals surface area contributed by atoms with Crippen molar-refractivity contribution < 1.29 is 4.39 Å². The molecule has 6 aromatic rings. The highest BCUT2D eigenvalue weighted by Crippen LogP contribution is 2.35. The summed E-state index contributed by atoms with van der Waals surface area (Å²) in [4.78, 5) is 12.8. The Hall–Kier alpha value is -4.56. The highest BCUT2D eigenvalue weighted by Gasteiger charge is 2.16. The van der Waals surface area contributed by atoms with Crippen LogP contribution in [0.1, 0.15) is 12.5 Å². The van der Waals surface area contributed by atoms with E-state index in [9.17, 15) is 4.39 Å². The molecule has 0 amide bonds. The van der Waals surface area contributed by atoms with Gasteiger partial charge in [0.2, 0.25) is 0 Å². The first kappa shape index (κ1) is 21.9. The zero-order valence-corrected chi connectivity index (χ0v) is 19.6. The van der Waals surface area contributed by atoms with Crippen molar-refractivity contribution in [2.45, 2.75) is 13.5 Å². The SMILES string of the molecule is CCNCc1cncc(-c2ccc3[nH]nc(-c4cc5c(-c6cc(N)cc(F)c6)cccc5[nH]4)c3n2)c1. The molecule has 0 unspecified atom stereocenters. The highest BCUT2D eigenvalue weighted by molar-refractivity contribution is 6.00. The molecule has 0 aliphatic rings. The second-order valence-electron chi connectivity index (χ2n) is 8.75. The third-order valence-corrected chi connectivity index (χ3v) is 6.23. The fourth-order valence-corrected chi connectivity index (χ4v) is 4.54. The molecule has 0 saturated heterocycles. The van der Waals surface area contributed by atoms with E-state index in [-0.39, 0.29) is 5.82 Å². The number of hydrogen-bond donors (Lipinski definition) is 4. The summed E-state index contributed by atoms with van der Waals surface area (Å²) in [7, 11) is 0. The Balaban J connectivity index is 1.44. The molecule has 0 spiro atoms. The van der Waals surface area contributed by atoms with Gasteiger partial charge in [-0.25, -0.2) is 9.37 Å². The maximum Gasteiger partial charge on any atom is 0.135 e. The van der Waals surface area contributed by atoms with E-state index < -0.39 is 0 Å². The summed E-state index contributed by atoms with van der Waals surface area (Å²) in [6.45, 7) is 3.73. The van der Waals surface area contributed by atoms with Crippen molar-refractivity contribution in [2.75, 3.05) is 12.3 Å². The molecule has 7 nitrogen and oxygen atoms in total. The first-order valence-electron chi connectivity index (χ1n) is 11.8. The first-order chi connectivity index (χ1) is 17.6. The van der Waals surface area contributed by atoms with Crippen molar-refractivity contribution in [1.29, 1.82) is 0 Å². The van der Waals surface area contributed by atoms with Crippen molar-refractivity contribution in [2.24, 2.45) is 0 Å². The van der Waals surface area contributed by atoms with E-state index >= 15 is 0 Å². The van der Waals surface area contributed by atoms with Crippen LogP contribution in [0.4, 0.5) is 10.1 Å². The summed E-state index contributed by atoms with van der Waals surface area (Å²) in [6, 6.07) is 18.5. The van der Waals surface area contributed by atoms with Gasteiger partial charge in [0, 0.05) is 41.1 Å². The molecule has 4 heterocycles. The van der Waals surface area contributed by atoms with Gasteiger partial charge >= 0.3 is 0 Å². The van der Waals surface area contributed by atoms with E-state index in [1.165, 1.54) is 12.1 Å². The van der Waals surface area contributed by atoms with Crippen LogP contribution >= 0.6 is 0 Å². The number of rotatable bonds is 6. The lowest BCUT2D eigenvalue weighted by Gasteiger charge is -2.05. The number of nitrogen functional groups attached to an aromatic ring is 1. The van der Waals surface area contributed by atoms with Crippen molar-refractivity contribution in [3.8, 4) is 33.8 Å². The van der Waals surface area contributed by atoms with E-state index in [2.05, 4.69) is 38.5 Å². The van der Waals surface area contributed by atoms with Crippen LogP contribution in [0.2, 0.25) is 0 Å². The molecule has 0 radical (unpaired) electrons. The lowest BCUT2D eigenvalue weighted by Crippen LogP contribution is -2.11. The van der Waals surface area contributed by atoms with Crippen LogP contribution in [0.3, 0.4) is 0 Å². The Bertz CT molecular complexity index is 1700. The average Bonchev–Trinajstić information content (AvgIpc) is 3.50. The maximum absolute atomic E-state index is 14.1. The molecule has 0 atom stereocenters. The first-order valence-corrected chi connectivity index (χ1v) is 11.8. The van der Waals surface area contributed by atoms with E-state index in [4.69, 9.17) is 10.7 Å². The van der Waals surface area contributed by atoms with Crippen molar-refractivity contribution >= 4 is 27.6 Å². The van der Waals surface area contributed by atoms with Gasteiger partial charge in [0.25, 0.3) is 0 Å². The molecule has 0 saturated carbocycles. The summed E-state index contributed by atoms with van der Waals surface area (Å²) >= 11 is 0. The summed E-state index contributed by atoms with van der Waals surface area (Å²) in [5.74, 6) is -0.364. The van der Waals surface area contributed by atoms with Gasteiger partial charge in [-0.2, -0.15) is 5.10 Å². The topological polar surface area (TPSA) is 108 Å². The van der Waals surface area contributed by atoms with Gasteiger partial charge in [-0.1, -0.05) is 19.1 Å². The molecule has 178 valence electrons. The summed E-state index contributed by atoms with van der Waals surface area (Å²) in [5, 5.41) is 11.9. The van der Waals surface area contributed by atoms with E-state index in [0.29, 0.717) is 11.4 Å². The molecule has 4 aromatic heterocycles. The van der Waals surface area contributed by atoms with Crippen LogP contribution in [0.25, 0.3) is 55.7 Å². The molecule has 36 heavy (non-hydrogen) atoms. The molecule has 2 aromatic carbocycles. The molecule has 8 heteroatoms. The number of H-pyrrole nitrogens is 2. The lowest BCUT2D eigenvalue weighted by molar-refractivity contribution is 0.629. The number of halogens is 1. The maximum atomic E-state index is 14.1. The Kier molecular flexibility index (Phi) is 5.42. The Morgan fingerprint density at radius 1 is 0.972 bits per heavy atom. The highest BCUT2D eigenvalue weighted by atomic mass is 19.1. The van der Waals surface area contributed by atoms with Crippen LogP contribution in [-0.2, 0) is 6.54 Å². The van der Waals surface area contributed by atoms with E-state index in [0.717, 1.165) is 68.7 Å². The van der Waals surface area contributed by atoms with E-state index in [1.54, 1.807) is 6.07 Å². The normalized spacial score (nSPS) is 11.5. The van der Waals surface area contributed by atoms with Crippen molar-refractivity contribution in [3.63, 3.8) is 0 Å². The third kappa shape index (κ3) is 3.97. The second kappa shape index (κ2) is 8.90. The largest absolute Gasteiger partial charge is 0.399 e. The van der Waals surface area contributed by atoms with Crippen LogP contribution in [0.15, 0.2) is 73.1 Å². The number of nitrogens with one attached hydrogen (secondary N) is 3. The molecule has 0 aliphatic heterocycles. The number of aromatic nitrogens is 5. The molecular weight excluding hydrogens is 453 g/mol. The number of hydrogen-bond acceptors (Lipinski definition) is 5. The van der Waals surface area contributed by atoms with Gasteiger partial charge < -0.3 is 16.0 Å². The molecule has 0 aliphatic carbocycles. The molecule has 5 N–H and O–H groups in total. The van der Waals surface area contributed by atoms with Crippen LogP contribution in [0, 0.1) is 5.82 Å². The van der Waals surface area contributed by atoms with Crippen LogP contribution in [-0.4, -0.2) is 31.7 Å². The van der Waals surface area contributed by atoms with Gasteiger partial charge in [0.05, 0.1) is 16.9 Å². The summed E-state index contributed by atoms with van der Waals surface area (Å²) < 4.78 is 14.1. The monoisotopic (exact) mass is 477 g/mol. The number of fused-ring (bicyclic) bond motifs is 2. The molecule has 6 rings (SSSR count). The predicted octanol–water partition coefficient (Wildman–Crippen LogP) is 5.67. The van der Waals surface area contributed by atoms with Gasteiger partial charge in [-0.05, 0) is 71.8 Å². The number of anilines is 1. The number of pyridine rings is 2. The zero-order chi connectivity index (χ0) is 24.6. The number of benzene rings is 2. The van der Waals surface area contributed by atoms with E-state index in [1.807, 2.05) is 48.8 Å². The zero-order valence-electron chi connectivity index (χ0n) is 19.6. The summed E-state index contributed by atoms with van der Waals surface area (Å²) in [6.07, 6.45) is 3.69. The Morgan fingerprint density at radius 2 is 1.89 bits per heavy atom. The number of nitrogens with two attached hydrogens (primary N) is 1. The lowest BCUT2D eigenvalue weighted by atomic mass is 10.0. The quantitative estimate of drug-likeness (QED) is 0.231. The molecule has 0 bridgehead atoms. The van der Waals surface area contributed by atoms with Gasteiger partial charge in [-0.15, -0.1) is 0 Å². The van der Waals surface area contributed by atoms with Gasteiger partial charge in [0.1, 0.15) is 17.0 Å². The standard InChI is InChI=1S/C28H24FN7/c1-2-31-13-16-8-18(15-32-14-16)23-6-7-25-27(34-23)28(36-35-25)26-12-22-21(4-3-5-24(22)33-26)17-9-19(29)11-20(30)10-17/h3-12,14-15,31,33H,2,13,30H2,1H3,(H,35,36). The van der Waals surface area contributed by atoms with Gasteiger partial charge in [0.15, 0.2) is 0 Å². The second-order valence-corrected chi connectivity index (χ2v) is 8.75. The number of aromatic amines is 2. The predicted molar refractivity (Wildman–Crippen MR) is 142 cm³/mol. The smallest absolute Gasteiger partial charge is 0.135 e. The van der Waals surface area contributed by atoms with Crippen molar-refractivity contribution in [3.05, 3.63) is 84.4 Å². The fraction of sp³-hybridized carbons (Fsp3) is 0.107. The minimum absolute atomic E-state index is 0.364. The molecular formula is C28H24FN7. The Morgan fingerprint density at radius 3 is 2.75 bits per heavy atom. The molecule has 0 fully saturated rings. The average molecular weight is 478 g/mol.